The van der Waals surface area contributed by atoms with Crippen LogP contribution < -0.4 is 11.4 Å². The molecule has 0 saturated heterocycles. The van der Waals surface area contributed by atoms with Gasteiger partial charge in [-0.15, -0.1) is 0 Å². The molecule has 0 aliphatic carbocycles. The zero-order valence-corrected chi connectivity index (χ0v) is 7.71. The topological polar surface area (TPSA) is 76.5 Å². The van der Waals surface area contributed by atoms with E-state index in [1.54, 1.807) is 18.2 Å². The first-order valence-electron chi connectivity index (χ1n) is 3.81. The van der Waals surface area contributed by atoms with Crippen molar-refractivity contribution in [1.29, 1.82) is 0 Å². The summed E-state index contributed by atoms with van der Waals surface area (Å²) >= 11 is 5.77. The Morgan fingerprint density at radius 3 is 2.86 bits per heavy atom. The van der Waals surface area contributed by atoms with Crippen molar-refractivity contribution in [3.8, 4) is 5.75 Å². The summed E-state index contributed by atoms with van der Waals surface area (Å²) in [4.78, 5) is 11.1. The molecular weight excluding hydrogens is 206 g/mol. The van der Waals surface area contributed by atoms with Crippen LogP contribution in [0.3, 0.4) is 0 Å². The van der Waals surface area contributed by atoms with E-state index < -0.39 is 5.63 Å². The van der Waals surface area contributed by atoms with Crippen molar-refractivity contribution in [3.05, 3.63) is 33.6 Å². The Balaban J connectivity index is 3.06. The SMILES string of the molecule is Nc1c(O)c2cccc(Cl)c2oc1=O. The van der Waals surface area contributed by atoms with E-state index in [1.807, 2.05) is 0 Å². The van der Waals surface area contributed by atoms with Gasteiger partial charge in [-0.1, -0.05) is 17.7 Å². The average molecular weight is 212 g/mol. The molecule has 0 atom stereocenters. The number of para-hydroxylation sites is 1. The van der Waals surface area contributed by atoms with Gasteiger partial charge in [0.2, 0.25) is 0 Å². The molecule has 0 saturated carbocycles. The monoisotopic (exact) mass is 211 g/mol. The maximum Gasteiger partial charge on any atom is 0.363 e. The Bertz CT molecular complexity index is 562. The Morgan fingerprint density at radius 1 is 1.43 bits per heavy atom. The maximum atomic E-state index is 11.1. The van der Waals surface area contributed by atoms with Crippen LogP contribution in [0.4, 0.5) is 5.69 Å². The first-order valence-corrected chi connectivity index (χ1v) is 4.19. The Labute approximate surface area is 83.5 Å². The maximum absolute atomic E-state index is 11.1. The number of halogens is 1. The minimum atomic E-state index is -0.789. The fourth-order valence-electron chi connectivity index (χ4n) is 1.19. The van der Waals surface area contributed by atoms with Crippen LogP contribution in [0.5, 0.6) is 5.75 Å². The Hall–Kier alpha value is -1.68. The molecule has 0 aliphatic rings. The third-order valence-corrected chi connectivity index (χ3v) is 2.19. The minimum Gasteiger partial charge on any atom is -0.505 e. The fourth-order valence-corrected chi connectivity index (χ4v) is 1.40. The summed E-state index contributed by atoms with van der Waals surface area (Å²) in [7, 11) is 0. The number of rotatable bonds is 0. The van der Waals surface area contributed by atoms with Crippen LogP contribution in [-0.2, 0) is 0 Å². The molecule has 4 nitrogen and oxygen atoms in total. The molecule has 1 aromatic heterocycles. The molecular formula is C9H6ClNO3. The van der Waals surface area contributed by atoms with Crippen molar-refractivity contribution in [2.75, 3.05) is 5.73 Å². The van der Waals surface area contributed by atoms with E-state index in [0.29, 0.717) is 5.39 Å². The van der Waals surface area contributed by atoms with E-state index in [-0.39, 0.29) is 22.0 Å². The number of fused-ring (bicyclic) bond motifs is 1. The van der Waals surface area contributed by atoms with Crippen LogP contribution in [0.25, 0.3) is 11.0 Å². The van der Waals surface area contributed by atoms with Gasteiger partial charge < -0.3 is 15.3 Å². The third kappa shape index (κ3) is 1.12. The highest BCUT2D eigenvalue weighted by Gasteiger charge is 2.12. The number of nitrogens with two attached hydrogens (primary N) is 1. The van der Waals surface area contributed by atoms with Crippen LogP contribution in [-0.4, -0.2) is 5.11 Å². The molecule has 2 rings (SSSR count). The molecule has 14 heavy (non-hydrogen) atoms. The molecule has 0 fully saturated rings. The predicted octanol–water partition coefficient (Wildman–Crippen LogP) is 1.73. The van der Waals surface area contributed by atoms with Gasteiger partial charge in [-0.3, -0.25) is 0 Å². The molecule has 72 valence electrons. The van der Waals surface area contributed by atoms with Crippen LogP contribution in [0.1, 0.15) is 0 Å². The smallest absolute Gasteiger partial charge is 0.363 e. The molecule has 1 aromatic carbocycles. The second-order valence-electron chi connectivity index (χ2n) is 2.77. The van der Waals surface area contributed by atoms with E-state index >= 15 is 0 Å². The van der Waals surface area contributed by atoms with Crippen molar-refractivity contribution < 1.29 is 9.52 Å². The number of hydrogen-bond acceptors (Lipinski definition) is 4. The number of nitrogen functional groups attached to an aromatic ring is 1. The lowest BCUT2D eigenvalue weighted by atomic mass is 10.2. The molecule has 0 aliphatic heterocycles. The van der Waals surface area contributed by atoms with Crippen LogP contribution in [0.15, 0.2) is 27.4 Å². The molecule has 0 amide bonds. The van der Waals surface area contributed by atoms with Crippen molar-refractivity contribution in [2.24, 2.45) is 0 Å². The number of aromatic hydroxyl groups is 1. The Kier molecular flexibility index (Phi) is 1.86. The van der Waals surface area contributed by atoms with E-state index in [9.17, 15) is 9.90 Å². The van der Waals surface area contributed by atoms with Gasteiger partial charge in [-0.25, -0.2) is 4.79 Å². The fraction of sp³-hybridized carbons (Fsp3) is 0. The summed E-state index contributed by atoms with van der Waals surface area (Å²) in [6.07, 6.45) is 0. The second kappa shape index (κ2) is 2.92. The Morgan fingerprint density at radius 2 is 2.14 bits per heavy atom. The zero-order chi connectivity index (χ0) is 10.3. The highest BCUT2D eigenvalue weighted by Crippen LogP contribution is 2.31. The molecule has 0 radical (unpaired) electrons. The van der Waals surface area contributed by atoms with Crippen molar-refractivity contribution in [1.82, 2.24) is 0 Å². The lowest BCUT2D eigenvalue weighted by molar-refractivity contribution is 0.472. The molecule has 0 spiro atoms. The largest absolute Gasteiger partial charge is 0.505 e. The van der Waals surface area contributed by atoms with E-state index in [1.165, 1.54) is 0 Å². The van der Waals surface area contributed by atoms with Gasteiger partial charge in [0, 0.05) is 0 Å². The summed E-state index contributed by atoms with van der Waals surface area (Å²) in [5.74, 6) is -0.293. The summed E-state index contributed by atoms with van der Waals surface area (Å²) in [5, 5.41) is 10.1. The van der Waals surface area contributed by atoms with Crippen LogP contribution >= 0.6 is 11.6 Å². The van der Waals surface area contributed by atoms with Crippen molar-refractivity contribution in [3.63, 3.8) is 0 Å². The van der Waals surface area contributed by atoms with Gasteiger partial charge in [-0.05, 0) is 12.1 Å². The molecule has 0 bridgehead atoms. The summed E-state index contributed by atoms with van der Waals surface area (Å²) in [6.45, 7) is 0. The summed E-state index contributed by atoms with van der Waals surface area (Å²) in [6, 6.07) is 4.75. The van der Waals surface area contributed by atoms with Crippen molar-refractivity contribution in [2.45, 2.75) is 0 Å². The van der Waals surface area contributed by atoms with Gasteiger partial charge in [0.05, 0.1) is 10.4 Å². The molecule has 1 heterocycles. The standard InChI is InChI=1S/C9H6ClNO3/c10-5-3-1-2-4-7(12)6(11)9(13)14-8(4)5/h1-3,12H,11H2. The number of hydrogen-bond donors (Lipinski definition) is 2. The normalized spacial score (nSPS) is 10.6. The third-order valence-electron chi connectivity index (χ3n) is 1.89. The number of benzene rings is 1. The minimum absolute atomic E-state index is 0.144. The summed E-state index contributed by atoms with van der Waals surface area (Å²) < 4.78 is 4.83. The van der Waals surface area contributed by atoms with Crippen molar-refractivity contribution >= 4 is 28.3 Å². The average Bonchev–Trinajstić information content (AvgIpc) is 2.17. The predicted molar refractivity (Wildman–Crippen MR) is 53.6 cm³/mol. The second-order valence-corrected chi connectivity index (χ2v) is 3.18. The first-order chi connectivity index (χ1) is 6.61. The highest BCUT2D eigenvalue weighted by atomic mass is 35.5. The van der Waals surface area contributed by atoms with E-state index in [2.05, 4.69) is 0 Å². The van der Waals surface area contributed by atoms with Gasteiger partial charge in [-0.2, -0.15) is 0 Å². The lowest BCUT2D eigenvalue weighted by Crippen LogP contribution is -2.06. The van der Waals surface area contributed by atoms with E-state index in [0.717, 1.165) is 0 Å². The number of anilines is 1. The molecule has 2 aromatic rings. The summed E-state index contributed by atoms with van der Waals surface area (Å²) in [5.41, 5.74) is 4.35. The lowest BCUT2D eigenvalue weighted by Gasteiger charge is -2.02. The van der Waals surface area contributed by atoms with Gasteiger partial charge in [0.25, 0.3) is 0 Å². The van der Waals surface area contributed by atoms with Gasteiger partial charge in [0.1, 0.15) is 0 Å². The quantitative estimate of drug-likeness (QED) is 0.651. The van der Waals surface area contributed by atoms with E-state index in [4.69, 9.17) is 21.8 Å². The zero-order valence-electron chi connectivity index (χ0n) is 6.95. The van der Waals surface area contributed by atoms with Crippen LogP contribution in [0, 0.1) is 0 Å². The highest BCUT2D eigenvalue weighted by molar-refractivity contribution is 6.35. The van der Waals surface area contributed by atoms with Gasteiger partial charge >= 0.3 is 5.63 Å². The van der Waals surface area contributed by atoms with Crippen LogP contribution in [0.2, 0.25) is 5.02 Å². The molecule has 0 unspecified atom stereocenters. The molecule has 5 heteroatoms. The van der Waals surface area contributed by atoms with Gasteiger partial charge in [0.15, 0.2) is 17.0 Å². The molecule has 3 N–H and O–H groups in total. The first kappa shape index (κ1) is 8.90.